The van der Waals surface area contributed by atoms with E-state index in [1.165, 1.54) is 5.56 Å². The fourth-order valence-electron chi connectivity index (χ4n) is 3.32. The van der Waals surface area contributed by atoms with Crippen LogP contribution in [0.1, 0.15) is 34.0 Å². The van der Waals surface area contributed by atoms with E-state index in [2.05, 4.69) is 19.1 Å². The molecule has 0 fully saturated rings. The van der Waals surface area contributed by atoms with Gasteiger partial charge in [0.05, 0.1) is 7.11 Å². The summed E-state index contributed by atoms with van der Waals surface area (Å²) in [5.41, 5.74) is 3.60. The molecule has 3 aromatic carbocycles. The van der Waals surface area contributed by atoms with E-state index in [0.29, 0.717) is 23.7 Å². The number of ether oxygens (including phenoxy) is 4. The lowest BCUT2D eigenvalue weighted by Gasteiger charge is -2.11. The van der Waals surface area contributed by atoms with Crippen molar-refractivity contribution in [3.05, 3.63) is 89.0 Å². The maximum absolute atomic E-state index is 12.6. The van der Waals surface area contributed by atoms with Crippen LogP contribution >= 0.6 is 0 Å². The highest BCUT2D eigenvalue weighted by molar-refractivity contribution is 6.07. The lowest BCUT2D eigenvalue weighted by Crippen LogP contribution is -1.99. The number of benzene rings is 3. The first-order chi connectivity index (χ1) is 15.2. The number of carbonyl (C=O) groups is 1. The molecule has 1 aliphatic rings. The number of ketones is 1. The van der Waals surface area contributed by atoms with Crippen LogP contribution < -0.4 is 18.9 Å². The van der Waals surface area contributed by atoms with Crippen molar-refractivity contribution in [3.8, 4) is 23.0 Å². The summed E-state index contributed by atoms with van der Waals surface area (Å²) in [4.78, 5) is 12.6. The van der Waals surface area contributed by atoms with Gasteiger partial charge in [0.2, 0.25) is 6.79 Å². The van der Waals surface area contributed by atoms with E-state index in [9.17, 15) is 4.79 Å². The van der Waals surface area contributed by atoms with Gasteiger partial charge in [-0.25, -0.2) is 0 Å². The van der Waals surface area contributed by atoms with Crippen molar-refractivity contribution in [2.24, 2.45) is 0 Å². The Morgan fingerprint density at radius 2 is 1.81 bits per heavy atom. The van der Waals surface area contributed by atoms with Gasteiger partial charge in [-0.1, -0.05) is 31.2 Å². The Balaban J connectivity index is 1.46. The average molecular weight is 416 g/mol. The lowest BCUT2D eigenvalue weighted by molar-refractivity contribution is 0.104. The highest BCUT2D eigenvalue weighted by atomic mass is 16.7. The summed E-state index contributed by atoms with van der Waals surface area (Å²) in [5.74, 6) is 2.69. The first-order valence-corrected chi connectivity index (χ1v) is 10.2. The summed E-state index contributed by atoms with van der Waals surface area (Å²) in [6.07, 6.45) is 4.33. The quantitative estimate of drug-likeness (QED) is 0.360. The second-order valence-electron chi connectivity index (χ2n) is 7.12. The van der Waals surface area contributed by atoms with Gasteiger partial charge in [0.15, 0.2) is 17.3 Å². The Labute approximate surface area is 181 Å². The number of hydrogen-bond donors (Lipinski definition) is 0. The molecule has 4 rings (SSSR count). The first kappa shape index (κ1) is 20.5. The van der Waals surface area contributed by atoms with E-state index >= 15 is 0 Å². The van der Waals surface area contributed by atoms with Gasteiger partial charge in [0.25, 0.3) is 0 Å². The molecule has 0 radical (unpaired) electrons. The predicted molar refractivity (Wildman–Crippen MR) is 119 cm³/mol. The minimum atomic E-state index is -0.108. The molecule has 0 saturated carbocycles. The number of carbonyl (C=O) groups excluding carboxylic acids is 1. The van der Waals surface area contributed by atoms with Gasteiger partial charge >= 0.3 is 0 Å². The minimum absolute atomic E-state index is 0.108. The predicted octanol–water partition coefficient (Wildman–Crippen LogP) is 5.46. The van der Waals surface area contributed by atoms with Crippen LogP contribution in [0.2, 0.25) is 0 Å². The van der Waals surface area contributed by atoms with Crippen molar-refractivity contribution >= 4 is 11.9 Å². The summed E-state index contributed by atoms with van der Waals surface area (Å²) < 4.78 is 22.0. The zero-order valence-corrected chi connectivity index (χ0v) is 17.6. The van der Waals surface area contributed by atoms with Gasteiger partial charge in [-0.2, -0.15) is 0 Å². The molecule has 1 heterocycles. The van der Waals surface area contributed by atoms with E-state index < -0.39 is 0 Å². The third-order valence-electron chi connectivity index (χ3n) is 5.11. The van der Waals surface area contributed by atoms with Crippen LogP contribution in [0.4, 0.5) is 0 Å². The molecule has 158 valence electrons. The molecule has 0 spiro atoms. The zero-order chi connectivity index (χ0) is 21.6. The van der Waals surface area contributed by atoms with Crippen LogP contribution in [-0.2, 0) is 13.0 Å². The molecule has 0 atom stereocenters. The molecular formula is C26H24O5. The second-order valence-corrected chi connectivity index (χ2v) is 7.12. The second kappa shape index (κ2) is 9.39. The molecule has 5 nitrogen and oxygen atoms in total. The molecule has 0 aliphatic carbocycles. The van der Waals surface area contributed by atoms with E-state index in [0.717, 1.165) is 29.0 Å². The first-order valence-electron chi connectivity index (χ1n) is 10.2. The maximum Gasteiger partial charge on any atom is 0.231 e. The Kier molecular flexibility index (Phi) is 6.22. The van der Waals surface area contributed by atoms with E-state index in [4.69, 9.17) is 18.9 Å². The number of rotatable bonds is 8. The van der Waals surface area contributed by atoms with Gasteiger partial charge in [-0.3, -0.25) is 4.79 Å². The molecular weight excluding hydrogens is 392 g/mol. The van der Waals surface area contributed by atoms with Crippen LogP contribution in [0.15, 0.2) is 66.7 Å². The number of fused-ring (bicyclic) bond motifs is 1. The normalized spacial score (nSPS) is 12.2. The van der Waals surface area contributed by atoms with Crippen LogP contribution in [0.25, 0.3) is 6.08 Å². The number of aryl methyl sites for hydroxylation is 1. The zero-order valence-electron chi connectivity index (χ0n) is 17.6. The molecule has 0 bridgehead atoms. The highest BCUT2D eigenvalue weighted by Gasteiger charge is 2.15. The SMILES string of the molecule is CCc1ccc(OCc2cc(/C=C/C(=O)c3ccc4c(c3)OCO4)ccc2OC)cc1. The lowest BCUT2D eigenvalue weighted by atomic mass is 10.1. The molecule has 0 N–H and O–H groups in total. The van der Waals surface area contributed by atoms with E-state index in [1.807, 2.05) is 30.3 Å². The topological polar surface area (TPSA) is 54.0 Å². The molecule has 0 saturated heterocycles. The Bertz CT molecular complexity index is 1100. The fourth-order valence-corrected chi connectivity index (χ4v) is 3.32. The molecule has 5 heteroatoms. The van der Waals surface area contributed by atoms with Crippen molar-refractivity contribution in [2.45, 2.75) is 20.0 Å². The molecule has 3 aromatic rings. The third kappa shape index (κ3) is 4.89. The molecule has 1 aliphatic heterocycles. The molecule has 0 amide bonds. The smallest absolute Gasteiger partial charge is 0.231 e. The van der Waals surface area contributed by atoms with Crippen molar-refractivity contribution in [2.75, 3.05) is 13.9 Å². The standard InChI is InChI=1S/C26H24O5/c1-3-18-4-9-22(10-5-18)29-16-21-14-19(7-12-24(21)28-2)6-11-23(27)20-8-13-25-26(15-20)31-17-30-25/h4-15H,3,16-17H2,1-2H3/b11-6+. The van der Waals surface area contributed by atoms with Crippen molar-refractivity contribution in [1.29, 1.82) is 0 Å². The monoisotopic (exact) mass is 416 g/mol. The molecule has 31 heavy (non-hydrogen) atoms. The van der Waals surface area contributed by atoms with E-state index in [1.54, 1.807) is 37.5 Å². The third-order valence-corrected chi connectivity index (χ3v) is 5.11. The van der Waals surface area contributed by atoms with Crippen molar-refractivity contribution in [1.82, 2.24) is 0 Å². The summed E-state index contributed by atoms with van der Waals surface area (Å²) in [6.45, 7) is 2.67. The van der Waals surface area contributed by atoms with Gasteiger partial charge in [0.1, 0.15) is 18.1 Å². The van der Waals surface area contributed by atoms with E-state index in [-0.39, 0.29) is 12.6 Å². The number of hydrogen-bond acceptors (Lipinski definition) is 5. The van der Waals surface area contributed by atoms with Crippen molar-refractivity contribution < 1.29 is 23.7 Å². The maximum atomic E-state index is 12.6. The van der Waals surface area contributed by atoms with Crippen LogP contribution in [-0.4, -0.2) is 19.7 Å². The van der Waals surface area contributed by atoms with Gasteiger partial charge in [-0.15, -0.1) is 0 Å². The summed E-state index contributed by atoms with van der Waals surface area (Å²) in [6, 6.07) is 19.0. The molecule has 0 unspecified atom stereocenters. The Hall–Kier alpha value is -3.73. The van der Waals surface area contributed by atoms with Crippen LogP contribution in [0.5, 0.6) is 23.0 Å². The van der Waals surface area contributed by atoms with Crippen LogP contribution in [0, 0.1) is 0 Å². The summed E-state index contributed by atoms with van der Waals surface area (Å²) in [5, 5.41) is 0. The average Bonchev–Trinajstić information content (AvgIpc) is 3.29. The van der Waals surface area contributed by atoms with Gasteiger partial charge in [-0.05, 0) is 66.1 Å². The van der Waals surface area contributed by atoms with Crippen LogP contribution in [0.3, 0.4) is 0 Å². The highest BCUT2D eigenvalue weighted by Crippen LogP contribution is 2.32. The fraction of sp³-hybridized carbons (Fsp3) is 0.192. The number of methoxy groups -OCH3 is 1. The summed E-state index contributed by atoms with van der Waals surface area (Å²) in [7, 11) is 1.63. The van der Waals surface area contributed by atoms with Crippen molar-refractivity contribution in [3.63, 3.8) is 0 Å². The minimum Gasteiger partial charge on any atom is -0.496 e. The summed E-state index contributed by atoms with van der Waals surface area (Å²) >= 11 is 0. The Morgan fingerprint density at radius 1 is 1.00 bits per heavy atom. The Morgan fingerprint density at radius 3 is 2.58 bits per heavy atom. The number of allylic oxidation sites excluding steroid dienone is 1. The largest absolute Gasteiger partial charge is 0.496 e. The van der Waals surface area contributed by atoms with Gasteiger partial charge in [0, 0.05) is 11.1 Å². The van der Waals surface area contributed by atoms with Gasteiger partial charge < -0.3 is 18.9 Å². The molecule has 0 aromatic heterocycles.